The van der Waals surface area contributed by atoms with E-state index in [1.165, 1.54) is 0 Å². The van der Waals surface area contributed by atoms with Gasteiger partial charge in [0, 0.05) is 5.69 Å². The van der Waals surface area contributed by atoms with E-state index in [4.69, 9.17) is 0 Å². The van der Waals surface area contributed by atoms with E-state index in [0.717, 1.165) is 18.1 Å². The molecule has 0 atom stereocenters. The molecule has 0 aliphatic rings. The Morgan fingerprint density at radius 1 is 0.958 bits per heavy atom. The molecule has 2 aromatic carbocycles. The zero-order valence-corrected chi connectivity index (χ0v) is 12.8. The Labute approximate surface area is 136 Å². The van der Waals surface area contributed by atoms with Gasteiger partial charge in [-0.3, -0.25) is 9.59 Å². The van der Waals surface area contributed by atoms with E-state index in [2.05, 4.69) is 10.6 Å². The van der Waals surface area contributed by atoms with Crippen molar-refractivity contribution in [2.24, 2.45) is 0 Å². The Bertz CT molecular complexity index is 761. The molecule has 0 unspecified atom stereocenters. The van der Waals surface area contributed by atoms with Gasteiger partial charge in [-0.25, -0.2) is 13.2 Å². The van der Waals surface area contributed by atoms with Crippen LogP contribution in [0.2, 0.25) is 0 Å². The summed E-state index contributed by atoms with van der Waals surface area (Å²) in [6, 6.07) is 8.59. The molecule has 2 rings (SSSR count). The summed E-state index contributed by atoms with van der Waals surface area (Å²) < 4.78 is 39.4. The summed E-state index contributed by atoms with van der Waals surface area (Å²) in [6.45, 7) is 1.56. The largest absolute Gasteiger partial charge is 0.343 e. The lowest BCUT2D eigenvalue weighted by Crippen LogP contribution is -2.33. The van der Waals surface area contributed by atoms with Crippen LogP contribution in [-0.2, 0) is 11.2 Å². The predicted octanol–water partition coefficient (Wildman–Crippen LogP) is 3.03. The minimum atomic E-state index is -1.73. The first-order chi connectivity index (χ1) is 11.4. The SMILES string of the molecule is CCc1ccc(NC(=O)CNC(=O)c2ccc(F)c(F)c2F)cc1. The van der Waals surface area contributed by atoms with Crippen molar-refractivity contribution in [3.63, 3.8) is 0 Å². The third-order valence-electron chi connectivity index (χ3n) is 3.34. The van der Waals surface area contributed by atoms with Gasteiger partial charge >= 0.3 is 0 Å². The molecule has 0 aromatic heterocycles. The van der Waals surface area contributed by atoms with Crippen LogP contribution in [0.4, 0.5) is 18.9 Å². The van der Waals surface area contributed by atoms with Crippen molar-refractivity contribution in [3.8, 4) is 0 Å². The molecular formula is C17H15F3N2O2. The number of rotatable bonds is 5. The summed E-state index contributed by atoms with van der Waals surface area (Å²) in [5, 5.41) is 4.70. The van der Waals surface area contributed by atoms with Crippen LogP contribution in [0.15, 0.2) is 36.4 Å². The van der Waals surface area contributed by atoms with Crippen molar-refractivity contribution < 1.29 is 22.8 Å². The van der Waals surface area contributed by atoms with Crippen LogP contribution >= 0.6 is 0 Å². The van der Waals surface area contributed by atoms with E-state index in [9.17, 15) is 22.8 Å². The minimum absolute atomic E-state index is 0.438. The molecule has 0 saturated carbocycles. The molecule has 2 N–H and O–H groups in total. The fraction of sp³-hybridized carbons (Fsp3) is 0.176. The van der Waals surface area contributed by atoms with E-state index in [-0.39, 0.29) is 0 Å². The second-order valence-electron chi connectivity index (χ2n) is 5.00. The average Bonchev–Trinajstić information content (AvgIpc) is 2.58. The van der Waals surface area contributed by atoms with E-state index in [0.29, 0.717) is 11.8 Å². The van der Waals surface area contributed by atoms with Crippen molar-refractivity contribution >= 4 is 17.5 Å². The molecule has 0 heterocycles. The van der Waals surface area contributed by atoms with Crippen molar-refractivity contribution in [3.05, 3.63) is 65.0 Å². The minimum Gasteiger partial charge on any atom is -0.343 e. The van der Waals surface area contributed by atoms with E-state index in [1.54, 1.807) is 12.1 Å². The van der Waals surface area contributed by atoms with Crippen LogP contribution in [0, 0.1) is 17.5 Å². The normalized spacial score (nSPS) is 10.3. The topological polar surface area (TPSA) is 58.2 Å². The third kappa shape index (κ3) is 4.13. The first kappa shape index (κ1) is 17.5. The maximum Gasteiger partial charge on any atom is 0.254 e. The van der Waals surface area contributed by atoms with Crippen molar-refractivity contribution in [1.29, 1.82) is 0 Å². The lowest BCUT2D eigenvalue weighted by Gasteiger charge is -2.08. The number of aryl methyl sites for hydroxylation is 1. The highest BCUT2D eigenvalue weighted by Crippen LogP contribution is 2.15. The zero-order chi connectivity index (χ0) is 17.7. The monoisotopic (exact) mass is 336 g/mol. The maximum absolute atomic E-state index is 13.5. The first-order valence-electron chi connectivity index (χ1n) is 7.23. The van der Waals surface area contributed by atoms with Gasteiger partial charge in [-0.1, -0.05) is 19.1 Å². The van der Waals surface area contributed by atoms with Gasteiger partial charge in [0.25, 0.3) is 5.91 Å². The number of hydrogen-bond donors (Lipinski definition) is 2. The highest BCUT2D eigenvalue weighted by Gasteiger charge is 2.19. The average molecular weight is 336 g/mol. The second-order valence-corrected chi connectivity index (χ2v) is 5.00. The fourth-order valence-corrected chi connectivity index (χ4v) is 1.99. The molecule has 0 spiro atoms. The quantitative estimate of drug-likeness (QED) is 0.825. The molecule has 0 aliphatic carbocycles. The summed E-state index contributed by atoms with van der Waals surface area (Å²) >= 11 is 0. The molecule has 24 heavy (non-hydrogen) atoms. The summed E-state index contributed by atoms with van der Waals surface area (Å²) in [6.07, 6.45) is 0.865. The number of carbonyl (C=O) groups excluding carboxylic acids is 2. The molecule has 4 nitrogen and oxygen atoms in total. The van der Waals surface area contributed by atoms with Crippen LogP contribution in [0.3, 0.4) is 0 Å². The van der Waals surface area contributed by atoms with Gasteiger partial charge in [-0.05, 0) is 36.2 Å². The van der Waals surface area contributed by atoms with Crippen LogP contribution in [0.5, 0.6) is 0 Å². The molecule has 0 bridgehead atoms. The van der Waals surface area contributed by atoms with Crippen LogP contribution in [0.25, 0.3) is 0 Å². The lowest BCUT2D eigenvalue weighted by atomic mass is 10.1. The molecule has 126 valence electrons. The second kappa shape index (κ2) is 7.63. The Morgan fingerprint density at radius 2 is 1.62 bits per heavy atom. The van der Waals surface area contributed by atoms with Crippen LogP contribution in [0.1, 0.15) is 22.8 Å². The molecule has 0 radical (unpaired) electrons. The number of carbonyl (C=O) groups is 2. The number of benzene rings is 2. The molecule has 7 heteroatoms. The van der Waals surface area contributed by atoms with Crippen molar-refractivity contribution in [2.45, 2.75) is 13.3 Å². The van der Waals surface area contributed by atoms with Gasteiger partial charge < -0.3 is 10.6 Å². The van der Waals surface area contributed by atoms with Gasteiger partial charge in [0.2, 0.25) is 5.91 Å². The Kier molecular flexibility index (Phi) is 5.57. The van der Waals surface area contributed by atoms with Crippen LogP contribution in [-0.4, -0.2) is 18.4 Å². The van der Waals surface area contributed by atoms with E-state index < -0.39 is 41.4 Å². The molecule has 2 aromatic rings. The summed E-state index contributed by atoms with van der Waals surface area (Å²) in [4.78, 5) is 23.5. The number of hydrogen-bond acceptors (Lipinski definition) is 2. The number of anilines is 1. The lowest BCUT2D eigenvalue weighted by molar-refractivity contribution is -0.115. The first-order valence-corrected chi connectivity index (χ1v) is 7.23. The van der Waals surface area contributed by atoms with Crippen LogP contribution < -0.4 is 10.6 Å². The standard InChI is InChI=1S/C17H15F3N2O2/c1-2-10-3-5-11(6-4-10)22-14(23)9-21-17(24)12-7-8-13(18)16(20)15(12)19/h3-8H,2,9H2,1H3,(H,21,24)(H,22,23). The molecule has 0 aliphatic heterocycles. The summed E-state index contributed by atoms with van der Waals surface area (Å²) in [7, 11) is 0. The van der Waals surface area contributed by atoms with Gasteiger partial charge in [-0.2, -0.15) is 0 Å². The molecule has 0 saturated heterocycles. The van der Waals surface area contributed by atoms with Gasteiger partial charge in [0.15, 0.2) is 17.5 Å². The third-order valence-corrected chi connectivity index (χ3v) is 3.34. The Morgan fingerprint density at radius 3 is 2.25 bits per heavy atom. The fourth-order valence-electron chi connectivity index (χ4n) is 1.99. The highest BCUT2D eigenvalue weighted by atomic mass is 19.2. The maximum atomic E-state index is 13.5. The molecule has 0 fully saturated rings. The zero-order valence-electron chi connectivity index (χ0n) is 12.8. The van der Waals surface area contributed by atoms with Gasteiger partial charge in [0.05, 0.1) is 12.1 Å². The van der Waals surface area contributed by atoms with Gasteiger partial charge in [0.1, 0.15) is 0 Å². The smallest absolute Gasteiger partial charge is 0.254 e. The number of halogens is 3. The number of amides is 2. The summed E-state index contributed by atoms with van der Waals surface area (Å²) in [5.74, 6) is -6.26. The number of nitrogens with one attached hydrogen (secondary N) is 2. The van der Waals surface area contributed by atoms with Gasteiger partial charge in [-0.15, -0.1) is 0 Å². The molecular weight excluding hydrogens is 321 g/mol. The summed E-state index contributed by atoms with van der Waals surface area (Å²) in [5.41, 5.74) is 0.981. The van der Waals surface area contributed by atoms with E-state index in [1.807, 2.05) is 19.1 Å². The van der Waals surface area contributed by atoms with Crippen molar-refractivity contribution in [1.82, 2.24) is 5.32 Å². The Hall–Kier alpha value is -2.83. The Balaban J connectivity index is 1.93. The molecule has 2 amide bonds. The highest BCUT2D eigenvalue weighted by molar-refractivity contribution is 5.99. The van der Waals surface area contributed by atoms with E-state index >= 15 is 0 Å². The predicted molar refractivity (Wildman–Crippen MR) is 83.1 cm³/mol. The van der Waals surface area contributed by atoms with Crippen molar-refractivity contribution in [2.75, 3.05) is 11.9 Å².